The summed E-state index contributed by atoms with van der Waals surface area (Å²) in [7, 11) is 0. The molecule has 2 aromatic carbocycles. The molecular weight excluding hydrogens is 893 g/mol. The Bertz CT molecular complexity index is 2100. The first-order chi connectivity index (χ1) is 32.9. The summed E-state index contributed by atoms with van der Waals surface area (Å²) in [6.45, 7) is 18.4. The van der Waals surface area contributed by atoms with Crippen LogP contribution in [0.1, 0.15) is 125 Å². The molecular formula is C53H80N8O9. The summed E-state index contributed by atoms with van der Waals surface area (Å²) < 4.78 is 10.9. The molecule has 5 rings (SSSR count). The lowest BCUT2D eigenvalue weighted by atomic mass is 9.66. The number of carbonyl (C=O) groups excluding carboxylic acids is 7. The number of rotatable bonds is 20. The number of carbonyl (C=O) groups is 7. The van der Waals surface area contributed by atoms with Crippen molar-refractivity contribution in [3.05, 3.63) is 71.8 Å². The van der Waals surface area contributed by atoms with Crippen molar-refractivity contribution < 1.29 is 43.0 Å². The topological polar surface area (TPSA) is 231 Å². The maximum absolute atomic E-state index is 14.5. The number of ether oxygens (including phenoxy) is 2. The molecule has 17 heteroatoms. The van der Waals surface area contributed by atoms with Crippen molar-refractivity contribution in [2.45, 2.75) is 174 Å². The van der Waals surface area contributed by atoms with Gasteiger partial charge >= 0.3 is 12.2 Å². The largest absolute Gasteiger partial charge is 0.444 e. The highest BCUT2D eigenvalue weighted by atomic mass is 16.6. The first-order valence-corrected chi connectivity index (χ1v) is 25.2. The van der Waals surface area contributed by atoms with Gasteiger partial charge in [-0.15, -0.1) is 0 Å². The van der Waals surface area contributed by atoms with Crippen molar-refractivity contribution in [2.75, 3.05) is 26.2 Å². The fraction of sp³-hybridized carbons (Fsp3) is 0.642. The second-order valence-corrected chi connectivity index (χ2v) is 22.2. The van der Waals surface area contributed by atoms with Crippen LogP contribution in [0.5, 0.6) is 0 Å². The fourth-order valence-electron chi connectivity index (χ4n) is 9.75. The summed E-state index contributed by atoms with van der Waals surface area (Å²) in [6, 6.07) is 14.0. The third-order valence-electron chi connectivity index (χ3n) is 13.2. The minimum Gasteiger partial charge on any atom is -0.444 e. The Balaban J connectivity index is 1.32. The molecule has 2 aromatic rings. The SMILES string of the molecule is CC(C)C[C@@H](NC(=O)[C@@H](Cc1ccccc1)NC(=O)[C@@H](CCc1ccccc1)NC(=O)OC(C)(C)C)C(=O)N[C@H](CCCCNC(=O)OC(C)(C)C)C(=O)N1CC2(CCN3C(=O)[C@H](N)CC(C)C3C2)C1. The lowest BCUT2D eigenvalue weighted by molar-refractivity contribution is -0.161. The molecule has 1 spiro atoms. The van der Waals surface area contributed by atoms with Gasteiger partial charge in [0, 0.05) is 44.1 Å². The molecule has 3 fully saturated rings. The van der Waals surface area contributed by atoms with Crippen LogP contribution in [0.3, 0.4) is 0 Å². The van der Waals surface area contributed by atoms with Crippen molar-refractivity contribution in [3.8, 4) is 0 Å². The second-order valence-electron chi connectivity index (χ2n) is 22.2. The molecule has 17 nitrogen and oxygen atoms in total. The van der Waals surface area contributed by atoms with Gasteiger partial charge in [-0.1, -0.05) is 81.4 Å². The van der Waals surface area contributed by atoms with Crippen LogP contribution in [-0.4, -0.2) is 125 Å². The standard InChI is InChI=1S/C53H80N8O9/c1-34(2)28-41(57-46(64)42(30-37-20-14-11-15-21-37)58-44(62)39(59-50(68)70-52(7,8)9)24-23-36-18-12-10-13-19-36)45(63)56-40(22-16-17-26-55-49(67)69-51(4,5)6)48(66)60-32-53(33-60)25-27-61-43(31-53)35(3)29-38(54)47(61)65/h10-15,18-21,34-35,38-43H,16-17,22-33,54H2,1-9H3,(H,55,67)(H,56,63)(H,57,64)(H,58,62)(H,59,68)/t35?,38-,39-,40-,41-,42-,43?/m1/s1. The maximum Gasteiger partial charge on any atom is 0.408 e. The first kappa shape index (κ1) is 55.2. The number of aryl methyl sites for hydroxylation is 1. The van der Waals surface area contributed by atoms with E-state index in [0.717, 1.165) is 24.0 Å². The quantitative estimate of drug-likeness (QED) is 0.0958. The third-order valence-corrected chi connectivity index (χ3v) is 13.2. The molecule has 3 heterocycles. The molecule has 7 N–H and O–H groups in total. The number of hydrogen-bond donors (Lipinski definition) is 6. The van der Waals surface area contributed by atoms with E-state index in [2.05, 4.69) is 33.5 Å². The van der Waals surface area contributed by atoms with Gasteiger partial charge in [0.2, 0.25) is 29.5 Å². The Morgan fingerprint density at radius 3 is 1.90 bits per heavy atom. The highest BCUT2D eigenvalue weighted by Gasteiger charge is 2.53. The second kappa shape index (κ2) is 24.4. The number of nitrogens with two attached hydrogens (primary N) is 1. The van der Waals surface area contributed by atoms with Crippen LogP contribution in [0.2, 0.25) is 0 Å². The molecule has 386 valence electrons. The molecule has 7 amide bonds. The summed E-state index contributed by atoms with van der Waals surface area (Å²) in [6.07, 6.45) is 3.08. The summed E-state index contributed by atoms with van der Waals surface area (Å²) in [5.41, 5.74) is 6.25. The minimum atomic E-state index is -1.16. The number of fused-ring (bicyclic) bond motifs is 1. The molecule has 2 unspecified atom stereocenters. The Morgan fingerprint density at radius 1 is 0.729 bits per heavy atom. The van der Waals surface area contributed by atoms with E-state index in [1.54, 1.807) is 46.4 Å². The van der Waals surface area contributed by atoms with Gasteiger partial charge in [-0.2, -0.15) is 0 Å². The zero-order valence-electron chi connectivity index (χ0n) is 42.9. The molecule has 0 aliphatic carbocycles. The number of piperidine rings is 2. The molecule has 70 heavy (non-hydrogen) atoms. The van der Waals surface area contributed by atoms with E-state index >= 15 is 0 Å². The highest BCUT2D eigenvalue weighted by Crippen LogP contribution is 2.46. The Kier molecular flexibility index (Phi) is 19.3. The predicted molar refractivity (Wildman–Crippen MR) is 267 cm³/mol. The monoisotopic (exact) mass is 973 g/mol. The maximum atomic E-state index is 14.5. The summed E-state index contributed by atoms with van der Waals surface area (Å²) in [4.78, 5) is 99.8. The van der Waals surface area contributed by atoms with Crippen LogP contribution in [0.25, 0.3) is 0 Å². The highest BCUT2D eigenvalue weighted by molar-refractivity contribution is 5.95. The number of hydrogen-bond acceptors (Lipinski definition) is 10. The number of amides is 7. The van der Waals surface area contributed by atoms with Crippen LogP contribution in [0.4, 0.5) is 9.59 Å². The van der Waals surface area contributed by atoms with E-state index in [4.69, 9.17) is 15.2 Å². The number of nitrogens with one attached hydrogen (secondary N) is 5. The van der Waals surface area contributed by atoms with E-state index in [-0.39, 0.29) is 60.8 Å². The van der Waals surface area contributed by atoms with Gasteiger partial charge in [-0.3, -0.25) is 24.0 Å². The summed E-state index contributed by atoms with van der Waals surface area (Å²) in [5.74, 6) is -1.82. The lowest BCUT2D eigenvalue weighted by Crippen LogP contribution is -2.69. The van der Waals surface area contributed by atoms with Crippen LogP contribution >= 0.6 is 0 Å². The summed E-state index contributed by atoms with van der Waals surface area (Å²) in [5, 5.41) is 14.3. The van der Waals surface area contributed by atoms with E-state index in [0.29, 0.717) is 51.9 Å². The van der Waals surface area contributed by atoms with Gasteiger partial charge in [0.15, 0.2) is 0 Å². The number of likely N-dealkylation sites (tertiary alicyclic amines) is 1. The predicted octanol–water partition coefficient (Wildman–Crippen LogP) is 5.14. The van der Waals surface area contributed by atoms with Gasteiger partial charge in [-0.05, 0) is 122 Å². The molecule has 3 saturated heterocycles. The Labute approximate surface area is 414 Å². The molecule has 3 aliphatic heterocycles. The fourth-order valence-corrected chi connectivity index (χ4v) is 9.75. The van der Waals surface area contributed by atoms with Crippen molar-refractivity contribution >= 4 is 41.7 Å². The van der Waals surface area contributed by atoms with E-state index in [1.165, 1.54) is 0 Å². The van der Waals surface area contributed by atoms with Gasteiger partial charge in [0.1, 0.15) is 35.4 Å². The Morgan fingerprint density at radius 2 is 1.29 bits per heavy atom. The zero-order valence-corrected chi connectivity index (χ0v) is 42.9. The molecule has 0 radical (unpaired) electrons. The number of benzene rings is 2. The molecule has 3 aliphatic rings. The van der Waals surface area contributed by atoms with Gasteiger partial charge < -0.3 is 51.6 Å². The van der Waals surface area contributed by atoms with Crippen molar-refractivity contribution in [1.29, 1.82) is 0 Å². The van der Waals surface area contributed by atoms with Crippen LogP contribution in [0.15, 0.2) is 60.7 Å². The van der Waals surface area contributed by atoms with Crippen LogP contribution < -0.4 is 32.3 Å². The van der Waals surface area contributed by atoms with E-state index in [1.807, 2.05) is 79.4 Å². The average molecular weight is 973 g/mol. The van der Waals surface area contributed by atoms with Gasteiger partial charge in [-0.25, -0.2) is 9.59 Å². The van der Waals surface area contributed by atoms with Crippen molar-refractivity contribution in [2.24, 2.45) is 23.0 Å². The zero-order chi connectivity index (χ0) is 51.4. The third kappa shape index (κ3) is 16.7. The molecule has 0 bridgehead atoms. The number of nitrogens with zero attached hydrogens (tertiary/aromatic N) is 2. The van der Waals surface area contributed by atoms with E-state index in [9.17, 15) is 33.6 Å². The van der Waals surface area contributed by atoms with Crippen molar-refractivity contribution in [3.63, 3.8) is 0 Å². The van der Waals surface area contributed by atoms with Gasteiger partial charge in [0.05, 0.1) is 6.04 Å². The first-order valence-electron chi connectivity index (χ1n) is 25.2. The molecule has 0 aromatic heterocycles. The number of alkyl carbamates (subject to hydrolysis) is 2. The Hall–Kier alpha value is -5.71. The lowest BCUT2D eigenvalue weighted by Gasteiger charge is -2.59. The minimum absolute atomic E-state index is 0.0100. The smallest absolute Gasteiger partial charge is 0.408 e. The number of unbranched alkanes of at least 4 members (excludes halogenated alkanes) is 1. The van der Waals surface area contributed by atoms with Gasteiger partial charge in [0.25, 0.3) is 0 Å². The van der Waals surface area contributed by atoms with E-state index < -0.39 is 71.3 Å². The summed E-state index contributed by atoms with van der Waals surface area (Å²) >= 11 is 0. The van der Waals surface area contributed by atoms with Crippen LogP contribution in [0, 0.1) is 17.3 Å². The normalized spacial score (nSPS) is 20.4. The van der Waals surface area contributed by atoms with Crippen molar-refractivity contribution in [1.82, 2.24) is 36.4 Å². The van der Waals surface area contributed by atoms with Crippen LogP contribution in [-0.2, 0) is 46.3 Å². The average Bonchev–Trinajstić information content (AvgIpc) is 3.26. The molecule has 7 atom stereocenters. The molecule has 0 saturated carbocycles.